The maximum atomic E-state index is 12.0. The monoisotopic (exact) mass is 355 g/mol. The maximum Gasteiger partial charge on any atom is 0.325 e. The van der Waals surface area contributed by atoms with Crippen molar-refractivity contribution in [1.29, 1.82) is 0 Å². The average molecular weight is 355 g/mol. The number of benzene rings is 2. The van der Waals surface area contributed by atoms with Gasteiger partial charge in [0.15, 0.2) is 0 Å². The number of para-hydroxylation sites is 1. The maximum absolute atomic E-state index is 12.0. The van der Waals surface area contributed by atoms with Crippen molar-refractivity contribution in [3.8, 4) is 5.75 Å². The van der Waals surface area contributed by atoms with Crippen molar-refractivity contribution in [2.75, 3.05) is 19.7 Å². The van der Waals surface area contributed by atoms with Gasteiger partial charge in [-0.2, -0.15) is 0 Å². The molecule has 0 saturated carbocycles. The Morgan fingerprint density at radius 2 is 1.81 bits per heavy atom. The van der Waals surface area contributed by atoms with Gasteiger partial charge in [-0.3, -0.25) is 9.69 Å². The summed E-state index contributed by atoms with van der Waals surface area (Å²) >= 11 is 0. The molecule has 0 aliphatic carbocycles. The molecule has 2 aromatic rings. The Morgan fingerprint density at radius 3 is 2.42 bits per heavy atom. The molecule has 0 bridgehead atoms. The molecule has 5 heteroatoms. The van der Waals surface area contributed by atoms with Crippen molar-refractivity contribution in [1.82, 2.24) is 4.90 Å². The van der Waals surface area contributed by atoms with E-state index in [1.165, 1.54) is 0 Å². The smallest absolute Gasteiger partial charge is 0.325 e. The van der Waals surface area contributed by atoms with Crippen LogP contribution < -0.4 is 4.74 Å². The van der Waals surface area contributed by atoms with Gasteiger partial charge in [0.2, 0.25) is 0 Å². The predicted octanol–water partition coefficient (Wildman–Crippen LogP) is 3.37. The van der Waals surface area contributed by atoms with Crippen LogP contribution in [0.4, 0.5) is 0 Å². The van der Waals surface area contributed by atoms with Crippen LogP contribution in [0, 0.1) is 0 Å². The number of rotatable bonds is 6. The molecule has 1 aliphatic heterocycles. The molecule has 0 amide bonds. The largest absolute Gasteiger partial charge is 0.491 e. The summed E-state index contributed by atoms with van der Waals surface area (Å²) < 4.78 is 12.0. The highest BCUT2D eigenvalue weighted by Gasteiger charge is 2.39. The van der Waals surface area contributed by atoms with E-state index in [-0.39, 0.29) is 6.10 Å². The molecule has 2 aromatic carbocycles. The quantitative estimate of drug-likeness (QED) is 0.861. The molecule has 138 valence electrons. The number of nitrogens with zero attached hydrogens (tertiary/aromatic N) is 1. The molecule has 5 nitrogen and oxygen atoms in total. The van der Waals surface area contributed by atoms with Gasteiger partial charge in [0, 0.05) is 13.1 Å². The third kappa shape index (κ3) is 4.62. The fraction of sp³-hybridized carbons (Fsp3) is 0.381. The Morgan fingerprint density at radius 1 is 1.19 bits per heavy atom. The average Bonchev–Trinajstić information content (AvgIpc) is 2.60. The van der Waals surface area contributed by atoms with E-state index in [9.17, 15) is 9.90 Å². The summed E-state index contributed by atoms with van der Waals surface area (Å²) in [4.78, 5) is 14.0. The van der Waals surface area contributed by atoms with E-state index in [1.807, 2.05) is 79.4 Å². The normalized spacial score (nSPS) is 21.1. The van der Waals surface area contributed by atoms with Crippen LogP contribution >= 0.6 is 0 Å². The molecular formula is C21H25NO4. The highest BCUT2D eigenvalue weighted by atomic mass is 16.5. The first-order valence-electron chi connectivity index (χ1n) is 8.82. The van der Waals surface area contributed by atoms with Crippen molar-refractivity contribution in [3.63, 3.8) is 0 Å². The second-order valence-corrected chi connectivity index (χ2v) is 7.20. The summed E-state index contributed by atoms with van der Waals surface area (Å²) in [5.74, 6) is -0.0690. The molecule has 1 N–H and O–H groups in total. The molecular weight excluding hydrogens is 330 g/mol. The minimum absolute atomic E-state index is 0.204. The molecule has 2 atom stereocenters. The van der Waals surface area contributed by atoms with Crippen molar-refractivity contribution in [2.45, 2.75) is 31.6 Å². The minimum atomic E-state index is -0.850. The summed E-state index contributed by atoms with van der Waals surface area (Å²) in [6, 6.07) is 18.2. The third-order valence-corrected chi connectivity index (χ3v) is 4.40. The van der Waals surface area contributed by atoms with Crippen LogP contribution in [-0.2, 0) is 9.53 Å². The zero-order valence-corrected chi connectivity index (χ0v) is 15.2. The molecule has 2 unspecified atom stereocenters. The van der Waals surface area contributed by atoms with Crippen molar-refractivity contribution < 1.29 is 19.4 Å². The first-order valence-corrected chi connectivity index (χ1v) is 8.82. The summed E-state index contributed by atoms with van der Waals surface area (Å²) in [6.45, 7) is 5.39. The number of aliphatic carboxylic acids is 1. The van der Waals surface area contributed by atoms with E-state index in [2.05, 4.69) is 0 Å². The molecule has 1 heterocycles. The van der Waals surface area contributed by atoms with Crippen LogP contribution in [0.15, 0.2) is 60.7 Å². The fourth-order valence-corrected chi connectivity index (χ4v) is 3.48. The number of ether oxygens (including phenoxy) is 2. The first-order chi connectivity index (χ1) is 12.4. The van der Waals surface area contributed by atoms with Crippen LogP contribution in [0.3, 0.4) is 0 Å². The topological polar surface area (TPSA) is 59.0 Å². The van der Waals surface area contributed by atoms with Crippen molar-refractivity contribution in [2.24, 2.45) is 0 Å². The minimum Gasteiger partial charge on any atom is -0.491 e. The standard InChI is InChI=1S/C21H25NO4/c1-21(2)15-22(19(20(23)24)16-9-5-3-6-10-16)13-18(26-21)14-25-17-11-7-4-8-12-17/h3-12,18-19H,13-15H2,1-2H3,(H,23,24). The first kappa shape index (κ1) is 18.4. The van der Waals surface area contributed by atoms with Gasteiger partial charge in [-0.25, -0.2) is 0 Å². The van der Waals surface area contributed by atoms with Crippen LogP contribution in [0.1, 0.15) is 25.5 Å². The van der Waals surface area contributed by atoms with E-state index in [1.54, 1.807) is 0 Å². The van der Waals surface area contributed by atoms with Gasteiger partial charge >= 0.3 is 5.97 Å². The van der Waals surface area contributed by atoms with E-state index in [0.717, 1.165) is 11.3 Å². The Kier molecular flexibility index (Phi) is 5.59. The summed E-state index contributed by atoms with van der Waals surface area (Å²) in [5.41, 5.74) is 0.325. The second kappa shape index (κ2) is 7.89. The number of carbonyl (C=O) groups is 1. The molecule has 3 rings (SSSR count). The summed E-state index contributed by atoms with van der Waals surface area (Å²) in [6.07, 6.45) is -0.204. The van der Waals surface area contributed by atoms with E-state index in [4.69, 9.17) is 9.47 Å². The van der Waals surface area contributed by atoms with Gasteiger partial charge < -0.3 is 14.6 Å². The van der Waals surface area contributed by atoms with Gasteiger partial charge in [-0.1, -0.05) is 48.5 Å². The van der Waals surface area contributed by atoms with Gasteiger partial charge in [0.05, 0.1) is 5.60 Å². The Bertz CT molecular complexity index is 717. The highest BCUT2D eigenvalue weighted by Crippen LogP contribution is 2.29. The molecule has 0 aromatic heterocycles. The van der Waals surface area contributed by atoms with E-state index in [0.29, 0.717) is 19.7 Å². The summed E-state index contributed by atoms with van der Waals surface area (Å²) in [5, 5.41) is 9.83. The molecule has 1 fully saturated rings. The van der Waals surface area contributed by atoms with Crippen LogP contribution in [0.25, 0.3) is 0 Å². The van der Waals surface area contributed by atoms with Gasteiger partial charge in [0.1, 0.15) is 24.5 Å². The Balaban J connectivity index is 1.75. The fourth-order valence-electron chi connectivity index (χ4n) is 3.48. The van der Waals surface area contributed by atoms with Crippen LogP contribution in [0.2, 0.25) is 0 Å². The van der Waals surface area contributed by atoms with Crippen LogP contribution in [0.5, 0.6) is 5.75 Å². The lowest BCUT2D eigenvalue weighted by atomic mass is 9.99. The molecule has 0 spiro atoms. The number of hydrogen-bond acceptors (Lipinski definition) is 4. The van der Waals surface area contributed by atoms with Crippen LogP contribution in [-0.4, -0.2) is 47.4 Å². The zero-order chi connectivity index (χ0) is 18.6. The molecule has 0 radical (unpaired) electrons. The SMILES string of the molecule is CC1(C)CN(C(C(=O)O)c2ccccc2)CC(COc2ccccc2)O1. The van der Waals surface area contributed by atoms with Crippen molar-refractivity contribution >= 4 is 5.97 Å². The summed E-state index contributed by atoms with van der Waals surface area (Å²) in [7, 11) is 0. The van der Waals surface area contributed by atoms with Gasteiger partial charge in [-0.05, 0) is 31.5 Å². The van der Waals surface area contributed by atoms with Crippen molar-refractivity contribution in [3.05, 3.63) is 66.2 Å². The lowest BCUT2D eigenvalue weighted by molar-refractivity contribution is -0.168. The molecule has 1 aliphatic rings. The lowest BCUT2D eigenvalue weighted by Gasteiger charge is -2.44. The Labute approximate surface area is 154 Å². The van der Waals surface area contributed by atoms with Gasteiger partial charge in [-0.15, -0.1) is 0 Å². The third-order valence-electron chi connectivity index (χ3n) is 4.40. The van der Waals surface area contributed by atoms with E-state index < -0.39 is 17.6 Å². The predicted molar refractivity (Wildman–Crippen MR) is 99.3 cm³/mol. The van der Waals surface area contributed by atoms with Gasteiger partial charge in [0.25, 0.3) is 0 Å². The number of carboxylic acid groups (broad SMARTS) is 1. The number of carboxylic acids is 1. The Hall–Kier alpha value is -2.37. The number of morpholine rings is 1. The molecule has 1 saturated heterocycles. The van der Waals surface area contributed by atoms with E-state index >= 15 is 0 Å². The zero-order valence-electron chi connectivity index (χ0n) is 15.2. The number of hydrogen-bond donors (Lipinski definition) is 1. The lowest BCUT2D eigenvalue weighted by Crippen LogP contribution is -2.56. The second-order valence-electron chi connectivity index (χ2n) is 7.20. The molecule has 26 heavy (non-hydrogen) atoms. The highest BCUT2D eigenvalue weighted by molar-refractivity contribution is 5.75.